The number of nitrogens with zero attached hydrogens (tertiary/aromatic N) is 4. The Balaban J connectivity index is 1.26. The zero-order valence-electron chi connectivity index (χ0n) is 15.6. The highest BCUT2D eigenvalue weighted by atomic mass is 16.5. The fourth-order valence-corrected chi connectivity index (χ4v) is 3.92. The van der Waals surface area contributed by atoms with E-state index in [9.17, 15) is 4.79 Å². The Morgan fingerprint density at radius 1 is 1.08 bits per heavy atom. The maximum Gasteiger partial charge on any atom is 0.236 e. The number of fused-ring (bicyclic) bond motifs is 1. The molecule has 0 saturated carbocycles. The molecule has 6 heteroatoms. The van der Waals surface area contributed by atoms with E-state index in [1.54, 1.807) is 0 Å². The van der Waals surface area contributed by atoms with Crippen molar-refractivity contribution in [3.8, 4) is 0 Å². The molecule has 0 aliphatic carbocycles. The van der Waals surface area contributed by atoms with Gasteiger partial charge >= 0.3 is 0 Å². The average molecular weight is 356 g/mol. The van der Waals surface area contributed by atoms with Crippen molar-refractivity contribution in [1.82, 2.24) is 19.9 Å². The monoisotopic (exact) mass is 356 g/mol. The second-order valence-corrected chi connectivity index (χ2v) is 7.74. The van der Waals surface area contributed by atoms with E-state index in [4.69, 9.17) is 4.52 Å². The predicted molar refractivity (Wildman–Crippen MR) is 101 cm³/mol. The minimum Gasteiger partial charge on any atom is -0.356 e. The molecule has 2 saturated heterocycles. The van der Waals surface area contributed by atoms with Crippen molar-refractivity contribution < 1.29 is 9.32 Å². The van der Waals surface area contributed by atoms with Gasteiger partial charge in [0.25, 0.3) is 0 Å². The fourth-order valence-electron chi connectivity index (χ4n) is 3.92. The normalized spacial score (nSPS) is 20.7. The maximum atomic E-state index is 12.5. The number of piperidine rings is 1. The standard InChI is InChI=1S/C20H28N4O2/c1-16-6-8-24(9-7-16)20(25)15-23-12-10-22(11-13-23)14-18-17-4-2-3-5-19(17)26-21-18/h2-5,16H,6-15H2,1H3. The molecular formula is C20H28N4O2. The van der Waals surface area contributed by atoms with Crippen molar-refractivity contribution in [2.75, 3.05) is 45.8 Å². The van der Waals surface area contributed by atoms with E-state index in [1.807, 2.05) is 23.1 Å². The van der Waals surface area contributed by atoms with Crippen molar-refractivity contribution in [3.05, 3.63) is 30.0 Å². The van der Waals surface area contributed by atoms with Gasteiger partial charge in [-0.05, 0) is 30.9 Å². The van der Waals surface area contributed by atoms with Crippen LogP contribution in [0.2, 0.25) is 0 Å². The van der Waals surface area contributed by atoms with Gasteiger partial charge in [-0.2, -0.15) is 0 Å². The summed E-state index contributed by atoms with van der Waals surface area (Å²) in [4.78, 5) is 19.2. The molecule has 0 bridgehead atoms. The Bertz CT molecular complexity index is 743. The smallest absolute Gasteiger partial charge is 0.236 e. The molecule has 0 N–H and O–H groups in total. The van der Waals surface area contributed by atoms with Crippen molar-refractivity contribution >= 4 is 16.9 Å². The van der Waals surface area contributed by atoms with Gasteiger partial charge in [0.1, 0.15) is 5.69 Å². The summed E-state index contributed by atoms with van der Waals surface area (Å²) in [7, 11) is 0. The van der Waals surface area contributed by atoms with Crippen LogP contribution in [0, 0.1) is 5.92 Å². The van der Waals surface area contributed by atoms with Crippen molar-refractivity contribution in [2.24, 2.45) is 5.92 Å². The highest BCUT2D eigenvalue weighted by Crippen LogP contribution is 2.20. The van der Waals surface area contributed by atoms with Crippen LogP contribution in [0.1, 0.15) is 25.5 Å². The largest absolute Gasteiger partial charge is 0.356 e. The van der Waals surface area contributed by atoms with E-state index in [0.29, 0.717) is 12.5 Å². The van der Waals surface area contributed by atoms with Gasteiger partial charge in [0.2, 0.25) is 5.91 Å². The summed E-state index contributed by atoms with van der Waals surface area (Å²) in [6.07, 6.45) is 2.29. The molecule has 1 amide bonds. The molecule has 4 rings (SSSR count). The highest BCUT2D eigenvalue weighted by Gasteiger charge is 2.24. The van der Waals surface area contributed by atoms with Gasteiger partial charge in [0.15, 0.2) is 5.58 Å². The number of hydrogen-bond acceptors (Lipinski definition) is 5. The van der Waals surface area contributed by atoms with Gasteiger partial charge < -0.3 is 9.42 Å². The number of aromatic nitrogens is 1. The number of amides is 1. The fraction of sp³-hybridized carbons (Fsp3) is 0.600. The minimum atomic E-state index is 0.299. The molecule has 1 aromatic carbocycles. The summed E-state index contributed by atoms with van der Waals surface area (Å²) in [5.41, 5.74) is 1.86. The van der Waals surface area contributed by atoms with Crippen LogP contribution in [0.25, 0.3) is 11.0 Å². The molecule has 0 spiro atoms. The first-order chi connectivity index (χ1) is 12.7. The van der Waals surface area contributed by atoms with Crippen LogP contribution in [0.5, 0.6) is 0 Å². The number of carbonyl (C=O) groups excluding carboxylic acids is 1. The summed E-state index contributed by atoms with van der Waals surface area (Å²) in [5, 5.41) is 5.33. The molecule has 0 radical (unpaired) electrons. The van der Waals surface area contributed by atoms with Crippen LogP contribution in [-0.4, -0.2) is 71.6 Å². The Hall–Kier alpha value is -1.92. The van der Waals surface area contributed by atoms with Gasteiger partial charge in [0, 0.05) is 51.2 Å². The van der Waals surface area contributed by atoms with Crippen LogP contribution < -0.4 is 0 Å². The van der Waals surface area contributed by atoms with Crippen LogP contribution in [0.4, 0.5) is 0 Å². The molecule has 2 aromatic rings. The lowest BCUT2D eigenvalue weighted by Crippen LogP contribution is -2.50. The van der Waals surface area contributed by atoms with Gasteiger partial charge in [-0.25, -0.2) is 0 Å². The Labute approximate surface area is 154 Å². The summed E-state index contributed by atoms with van der Waals surface area (Å²) in [5.74, 6) is 1.06. The molecule has 2 aliphatic heterocycles. The third-order valence-electron chi connectivity index (χ3n) is 5.79. The Morgan fingerprint density at radius 2 is 1.77 bits per heavy atom. The van der Waals surface area contributed by atoms with E-state index in [-0.39, 0.29) is 0 Å². The molecule has 1 aromatic heterocycles. The van der Waals surface area contributed by atoms with Gasteiger partial charge in [-0.3, -0.25) is 14.6 Å². The van der Waals surface area contributed by atoms with Crippen LogP contribution >= 0.6 is 0 Å². The zero-order valence-corrected chi connectivity index (χ0v) is 15.6. The third-order valence-corrected chi connectivity index (χ3v) is 5.79. The number of para-hydroxylation sites is 1. The first kappa shape index (κ1) is 17.5. The topological polar surface area (TPSA) is 52.8 Å². The lowest BCUT2D eigenvalue weighted by Gasteiger charge is -2.36. The van der Waals surface area contributed by atoms with Gasteiger partial charge in [-0.15, -0.1) is 0 Å². The predicted octanol–water partition coefficient (Wildman–Crippen LogP) is 2.20. The Morgan fingerprint density at radius 3 is 2.54 bits per heavy atom. The summed E-state index contributed by atoms with van der Waals surface area (Å²) in [6.45, 7) is 9.31. The molecule has 0 unspecified atom stereocenters. The lowest BCUT2D eigenvalue weighted by atomic mass is 9.99. The first-order valence-corrected chi connectivity index (χ1v) is 9.75. The molecule has 6 nitrogen and oxygen atoms in total. The van der Waals surface area contributed by atoms with E-state index in [1.165, 1.54) is 0 Å². The van der Waals surface area contributed by atoms with E-state index >= 15 is 0 Å². The number of rotatable bonds is 4. The van der Waals surface area contributed by atoms with Crippen molar-refractivity contribution in [3.63, 3.8) is 0 Å². The number of carbonyl (C=O) groups is 1. The van der Waals surface area contributed by atoms with Crippen molar-refractivity contribution in [2.45, 2.75) is 26.3 Å². The Kier molecular flexibility index (Phi) is 5.22. The lowest BCUT2D eigenvalue weighted by molar-refractivity contribution is -0.134. The van der Waals surface area contributed by atoms with E-state index in [2.05, 4.69) is 27.9 Å². The number of piperazine rings is 1. The molecule has 26 heavy (non-hydrogen) atoms. The minimum absolute atomic E-state index is 0.299. The summed E-state index contributed by atoms with van der Waals surface area (Å²) in [6, 6.07) is 8.01. The molecule has 140 valence electrons. The van der Waals surface area contributed by atoms with Gasteiger partial charge in [-0.1, -0.05) is 24.2 Å². The molecule has 2 fully saturated rings. The molecular weight excluding hydrogens is 328 g/mol. The molecule has 3 heterocycles. The van der Waals surface area contributed by atoms with Crippen LogP contribution in [0.3, 0.4) is 0 Å². The third kappa shape index (κ3) is 3.91. The number of benzene rings is 1. The second kappa shape index (κ2) is 7.76. The highest BCUT2D eigenvalue weighted by molar-refractivity contribution is 5.79. The number of likely N-dealkylation sites (tertiary alicyclic amines) is 1. The van der Waals surface area contributed by atoms with Crippen LogP contribution in [0.15, 0.2) is 28.8 Å². The molecule has 0 atom stereocenters. The SMILES string of the molecule is CC1CCN(C(=O)CN2CCN(Cc3noc4ccccc34)CC2)CC1. The first-order valence-electron chi connectivity index (χ1n) is 9.75. The summed E-state index contributed by atoms with van der Waals surface area (Å²) < 4.78 is 5.40. The maximum absolute atomic E-state index is 12.5. The second-order valence-electron chi connectivity index (χ2n) is 7.74. The zero-order chi connectivity index (χ0) is 17.9. The quantitative estimate of drug-likeness (QED) is 0.841. The summed E-state index contributed by atoms with van der Waals surface area (Å²) >= 11 is 0. The van der Waals surface area contributed by atoms with E-state index < -0.39 is 0 Å². The average Bonchev–Trinajstić information content (AvgIpc) is 3.07. The van der Waals surface area contributed by atoms with Crippen molar-refractivity contribution in [1.29, 1.82) is 0 Å². The van der Waals surface area contributed by atoms with E-state index in [0.717, 1.165) is 81.2 Å². The van der Waals surface area contributed by atoms with Crippen LogP contribution in [-0.2, 0) is 11.3 Å². The van der Waals surface area contributed by atoms with Gasteiger partial charge in [0.05, 0.1) is 6.54 Å². The molecule has 2 aliphatic rings. The number of hydrogen-bond donors (Lipinski definition) is 0.